The first-order valence-corrected chi connectivity index (χ1v) is 9.87. The number of piperidine rings is 1. The molecule has 6 heteroatoms. The number of carbonyl (C=O) groups excluding carboxylic acids is 1. The maximum Gasteiger partial charge on any atom is 0.272 e. The Hall–Kier alpha value is -2.63. The molecule has 2 aromatic heterocycles. The number of hydrogen-bond donors (Lipinski definition) is 0. The summed E-state index contributed by atoms with van der Waals surface area (Å²) >= 11 is 0. The molecule has 142 valence electrons. The molecule has 2 fully saturated rings. The van der Waals surface area contributed by atoms with Gasteiger partial charge in [-0.25, -0.2) is 4.98 Å². The van der Waals surface area contributed by atoms with Crippen LogP contribution in [-0.4, -0.2) is 60.0 Å². The van der Waals surface area contributed by atoms with Crippen LogP contribution >= 0.6 is 0 Å². The topological polar surface area (TPSA) is 52.6 Å². The molecule has 0 aliphatic carbocycles. The lowest BCUT2D eigenvalue weighted by atomic mass is 10.00. The summed E-state index contributed by atoms with van der Waals surface area (Å²) in [5.74, 6) is 1.71. The van der Waals surface area contributed by atoms with Crippen molar-refractivity contribution in [2.45, 2.75) is 19.8 Å². The molecule has 2 aliphatic heterocycles. The van der Waals surface area contributed by atoms with Crippen LogP contribution in [0.2, 0.25) is 0 Å². The van der Waals surface area contributed by atoms with Gasteiger partial charge in [-0.05, 0) is 43.0 Å². The van der Waals surface area contributed by atoms with E-state index in [1.54, 1.807) is 6.20 Å². The normalized spacial score (nSPS) is 20.6. The van der Waals surface area contributed by atoms with Crippen molar-refractivity contribution in [1.29, 1.82) is 0 Å². The average Bonchev–Trinajstić information content (AvgIpc) is 2.74. The van der Waals surface area contributed by atoms with Crippen molar-refractivity contribution >= 4 is 17.4 Å². The Bertz CT molecular complexity index is 773. The van der Waals surface area contributed by atoms with Gasteiger partial charge < -0.3 is 14.7 Å². The SMILES string of the molecule is CC1CCCN(c2ccnc(C(=O)N3CCN(c4ccccn4)CC3)c2)C1. The van der Waals surface area contributed by atoms with Gasteiger partial charge >= 0.3 is 0 Å². The fourth-order valence-electron chi connectivity index (χ4n) is 4.00. The fraction of sp³-hybridized carbons (Fsp3) is 0.476. The van der Waals surface area contributed by atoms with Gasteiger partial charge in [0.1, 0.15) is 11.5 Å². The summed E-state index contributed by atoms with van der Waals surface area (Å²) in [5, 5.41) is 0. The first-order chi connectivity index (χ1) is 13.2. The van der Waals surface area contributed by atoms with E-state index in [1.165, 1.54) is 12.8 Å². The Kier molecular flexibility index (Phi) is 5.23. The van der Waals surface area contributed by atoms with Crippen molar-refractivity contribution in [2.24, 2.45) is 5.92 Å². The minimum atomic E-state index is 0.0302. The molecule has 0 saturated carbocycles. The second-order valence-electron chi connectivity index (χ2n) is 7.56. The van der Waals surface area contributed by atoms with Gasteiger partial charge in [-0.3, -0.25) is 9.78 Å². The van der Waals surface area contributed by atoms with Crippen molar-refractivity contribution in [3.05, 3.63) is 48.4 Å². The molecule has 6 nitrogen and oxygen atoms in total. The van der Waals surface area contributed by atoms with Gasteiger partial charge in [-0.15, -0.1) is 0 Å². The summed E-state index contributed by atoms with van der Waals surface area (Å²) in [4.78, 5) is 28.2. The van der Waals surface area contributed by atoms with E-state index >= 15 is 0 Å². The summed E-state index contributed by atoms with van der Waals surface area (Å²) < 4.78 is 0. The molecule has 0 bridgehead atoms. The van der Waals surface area contributed by atoms with E-state index in [1.807, 2.05) is 41.4 Å². The standard InChI is InChI=1S/C21H27N5O/c1-17-5-4-10-26(16-17)18-7-9-22-19(15-18)21(27)25-13-11-24(12-14-25)20-6-2-3-8-23-20/h2-3,6-9,15,17H,4-5,10-14,16H2,1H3. The first-order valence-electron chi connectivity index (χ1n) is 9.87. The van der Waals surface area contributed by atoms with E-state index in [0.717, 1.165) is 37.7 Å². The van der Waals surface area contributed by atoms with E-state index in [0.29, 0.717) is 24.7 Å². The molecular formula is C21H27N5O. The number of piperazine rings is 1. The summed E-state index contributed by atoms with van der Waals surface area (Å²) in [6, 6.07) is 9.92. The van der Waals surface area contributed by atoms with Gasteiger partial charge in [0, 0.05) is 57.3 Å². The monoisotopic (exact) mass is 365 g/mol. The van der Waals surface area contributed by atoms with Crippen molar-refractivity contribution in [2.75, 3.05) is 49.1 Å². The Morgan fingerprint density at radius 3 is 2.59 bits per heavy atom. The van der Waals surface area contributed by atoms with Crippen LogP contribution in [0.25, 0.3) is 0 Å². The highest BCUT2D eigenvalue weighted by atomic mass is 16.2. The van der Waals surface area contributed by atoms with E-state index < -0.39 is 0 Å². The lowest BCUT2D eigenvalue weighted by Crippen LogP contribution is -2.49. The highest BCUT2D eigenvalue weighted by Gasteiger charge is 2.24. The third-order valence-electron chi connectivity index (χ3n) is 5.52. The quantitative estimate of drug-likeness (QED) is 0.837. The van der Waals surface area contributed by atoms with Crippen LogP contribution in [-0.2, 0) is 0 Å². The minimum Gasteiger partial charge on any atom is -0.371 e. The van der Waals surface area contributed by atoms with Crippen LogP contribution < -0.4 is 9.80 Å². The molecule has 0 aromatic carbocycles. The van der Waals surface area contributed by atoms with Gasteiger partial charge in [0.15, 0.2) is 0 Å². The summed E-state index contributed by atoms with van der Waals surface area (Å²) in [7, 11) is 0. The number of amides is 1. The Morgan fingerprint density at radius 1 is 1.00 bits per heavy atom. The second kappa shape index (κ2) is 7.94. The molecule has 2 aliphatic rings. The lowest BCUT2D eigenvalue weighted by Gasteiger charge is -2.35. The third kappa shape index (κ3) is 4.04. The molecule has 2 aromatic rings. The van der Waals surface area contributed by atoms with Gasteiger partial charge in [0.05, 0.1) is 0 Å². The van der Waals surface area contributed by atoms with Gasteiger partial charge in [-0.2, -0.15) is 0 Å². The fourth-order valence-corrected chi connectivity index (χ4v) is 4.00. The number of rotatable bonds is 3. The Balaban J connectivity index is 1.41. The highest BCUT2D eigenvalue weighted by molar-refractivity contribution is 5.93. The molecule has 1 unspecified atom stereocenters. The largest absolute Gasteiger partial charge is 0.371 e. The third-order valence-corrected chi connectivity index (χ3v) is 5.52. The number of nitrogens with zero attached hydrogens (tertiary/aromatic N) is 5. The lowest BCUT2D eigenvalue weighted by molar-refractivity contribution is 0.0740. The van der Waals surface area contributed by atoms with E-state index in [2.05, 4.69) is 26.7 Å². The zero-order valence-electron chi connectivity index (χ0n) is 15.9. The smallest absolute Gasteiger partial charge is 0.272 e. The molecular weight excluding hydrogens is 338 g/mol. The van der Waals surface area contributed by atoms with Crippen molar-refractivity contribution in [1.82, 2.24) is 14.9 Å². The molecule has 4 heterocycles. The highest BCUT2D eigenvalue weighted by Crippen LogP contribution is 2.23. The summed E-state index contributed by atoms with van der Waals surface area (Å²) in [5.41, 5.74) is 1.67. The number of pyridine rings is 2. The molecule has 27 heavy (non-hydrogen) atoms. The van der Waals surface area contributed by atoms with Gasteiger partial charge in [0.25, 0.3) is 5.91 Å². The van der Waals surface area contributed by atoms with Crippen LogP contribution in [0.3, 0.4) is 0 Å². The van der Waals surface area contributed by atoms with Gasteiger partial charge in [0.2, 0.25) is 0 Å². The van der Waals surface area contributed by atoms with Gasteiger partial charge in [-0.1, -0.05) is 13.0 Å². The van der Waals surface area contributed by atoms with Crippen LogP contribution in [0.15, 0.2) is 42.7 Å². The number of aromatic nitrogens is 2. The van der Waals surface area contributed by atoms with Crippen molar-refractivity contribution < 1.29 is 4.79 Å². The van der Waals surface area contributed by atoms with Crippen molar-refractivity contribution in [3.63, 3.8) is 0 Å². The summed E-state index contributed by atoms with van der Waals surface area (Å²) in [6.45, 7) is 7.40. The number of anilines is 2. The number of hydrogen-bond acceptors (Lipinski definition) is 5. The van der Waals surface area contributed by atoms with Crippen LogP contribution in [0.5, 0.6) is 0 Å². The Labute approximate surface area is 160 Å². The molecule has 0 spiro atoms. The first kappa shape index (κ1) is 17.8. The van der Waals surface area contributed by atoms with Crippen LogP contribution in [0.4, 0.5) is 11.5 Å². The maximum absolute atomic E-state index is 13.0. The van der Waals surface area contributed by atoms with E-state index in [-0.39, 0.29) is 5.91 Å². The van der Waals surface area contributed by atoms with Crippen molar-refractivity contribution in [3.8, 4) is 0 Å². The summed E-state index contributed by atoms with van der Waals surface area (Å²) in [6.07, 6.45) is 6.08. The predicted octanol–water partition coefficient (Wildman–Crippen LogP) is 2.68. The molecule has 2 saturated heterocycles. The zero-order chi connectivity index (χ0) is 18.6. The molecule has 0 N–H and O–H groups in total. The minimum absolute atomic E-state index is 0.0302. The van der Waals surface area contributed by atoms with E-state index in [9.17, 15) is 4.79 Å². The number of carbonyl (C=O) groups is 1. The van der Waals surface area contributed by atoms with E-state index in [4.69, 9.17) is 0 Å². The predicted molar refractivity (Wildman–Crippen MR) is 107 cm³/mol. The zero-order valence-corrected chi connectivity index (χ0v) is 15.9. The molecule has 1 amide bonds. The second-order valence-corrected chi connectivity index (χ2v) is 7.56. The molecule has 0 radical (unpaired) electrons. The molecule has 4 rings (SSSR count). The van der Waals surface area contributed by atoms with Crippen LogP contribution in [0.1, 0.15) is 30.3 Å². The molecule has 1 atom stereocenters. The maximum atomic E-state index is 13.0. The van der Waals surface area contributed by atoms with Crippen LogP contribution in [0, 0.1) is 5.92 Å². The average molecular weight is 365 g/mol. The Morgan fingerprint density at radius 2 is 1.85 bits per heavy atom.